The van der Waals surface area contributed by atoms with Gasteiger partial charge in [0.05, 0.1) is 6.61 Å². The van der Waals surface area contributed by atoms with Crippen LogP contribution in [0.3, 0.4) is 0 Å². The Balaban J connectivity index is 1.91. The number of carbonyl (C=O) groups is 3. The van der Waals surface area contributed by atoms with Crippen LogP contribution >= 0.6 is 0 Å². The number of aromatic nitrogens is 1. The minimum absolute atomic E-state index is 0.235. The molecule has 1 aromatic heterocycles. The molecule has 1 aliphatic carbocycles. The second-order valence-corrected chi connectivity index (χ2v) is 5.96. The number of hydrogen-bond acceptors (Lipinski definition) is 5. The van der Waals surface area contributed by atoms with Crippen LogP contribution in [0.25, 0.3) is 0 Å². The van der Waals surface area contributed by atoms with Gasteiger partial charge in [-0.3, -0.25) is 15.2 Å². The Morgan fingerprint density at radius 3 is 2.35 bits per heavy atom. The molecule has 1 aromatic rings. The summed E-state index contributed by atoms with van der Waals surface area (Å²) >= 11 is 0. The van der Waals surface area contributed by atoms with Crippen molar-refractivity contribution in [1.29, 1.82) is 0 Å². The number of nitrogens with one attached hydrogen (secondary N) is 3. The number of amides is 3. The van der Waals surface area contributed by atoms with E-state index in [9.17, 15) is 14.4 Å². The van der Waals surface area contributed by atoms with Crippen LogP contribution in [0.2, 0.25) is 0 Å². The highest BCUT2D eigenvalue weighted by atomic mass is 16.5. The molecule has 2 rings (SSSR count). The van der Waals surface area contributed by atoms with Crippen LogP contribution in [0.5, 0.6) is 0 Å². The average Bonchev–Trinajstić information content (AvgIpc) is 3.08. The summed E-state index contributed by atoms with van der Waals surface area (Å²) in [6, 6.07) is 2.35. The van der Waals surface area contributed by atoms with Crippen molar-refractivity contribution in [3.63, 3.8) is 0 Å². The Labute approximate surface area is 134 Å². The first-order valence-electron chi connectivity index (χ1n) is 7.28. The quantitative estimate of drug-likeness (QED) is 0.560. The highest BCUT2D eigenvalue weighted by molar-refractivity contribution is 5.96. The molecule has 0 saturated heterocycles. The lowest BCUT2D eigenvalue weighted by Gasteiger charge is -2.20. The predicted octanol–water partition coefficient (Wildman–Crippen LogP) is 0.757. The first kappa shape index (κ1) is 16.7. The Morgan fingerprint density at radius 1 is 1.22 bits per heavy atom. The topological polar surface area (TPSA) is 109 Å². The lowest BCUT2D eigenvalue weighted by molar-refractivity contribution is -0.147. The standard InChI is InChI=1S/C15H20N4O4/c1-4-23-12(21)15(9-14(15,2)3)17-13(22)19-18-11(20)10-5-7-16-8-6-10/h5-8H,4,9H2,1-3H3,(H,18,20)(H2,17,19,22). The predicted molar refractivity (Wildman–Crippen MR) is 81.1 cm³/mol. The lowest BCUT2D eigenvalue weighted by Crippen LogP contribution is -2.55. The van der Waals surface area contributed by atoms with Crippen molar-refractivity contribution < 1.29 is 19.1 Å². The van der Waals surface area contributed by atoms with Crippen molar-refractivity contribution in [3.8, 4) is 0 Å². The number of hydrazine groups is 1. The average molecular weight is 320 g/mol. The Bertz CT molecular complexity index is 617. The molecule has 0 spiro atoms. The van der Waals surface area contributed by atoms with Gasteiger partial charge in [0, 0.05) is 23.4 Å². The molecular formula is C15H20N4O4. The second kappa shape index (κ2) is 6.23. The van der Waals surface area contributed by atoms with Gasteiger partial charge in [-0.2, -0.15) is 0 Å². The van der Waals surface area contributed by atoms with E-state index in [1.54, 1.807) is 6.92 Å². The minimum atomic E-state index is -1.06. The van der Waals surface area contributed by atoms with E-state index >= 15 is 0 Å². The van der Waals surface area contributed by atoms with Crippen molar-refractivity contribution in [2.45, 2.75) is 32.7 Å². The van der Waals surface area contributed by atoms with E-state index in [-0.39, 0.29) is 6.61 Å². The highest BCUT2D eigenvalue weighted by Crippen LogP contribution is 2.56. The first-order chi connectivity index (χ1) is 10.8. The number of esters is 1. The van der Waals surface area contributed by atoms with Gasteiger partial charge in [-0.05, 0) is 25.5 Å². The molecule has 0 radical (unpaired) electrons. The van der Waals surface area contributed by atoms with Crippen LogP contribution < -0.4 is 16.2 Å². The van der Waals surface area contributed by atoms with Gasteiger partial charge < -0.3 is 10.1 Å². The third kappa shape index (κ3) is 3.41. The summed E-state index contributed by atoms with van der Waals surface area (Å²) < 4.78 is 5.02. The van der Waals surface area contributed by atoms with Gasteiger partial charge in [0.15, 0.2) is 0 Å². The summed E-state index contributed by atoms with van der Waals surface area (Å²) in [5.74, 6) is -0.955. The molecule has 1 unspecified atom stereocenters. The van der Waals surface area contributed by atoms with Gasteiger partial charge in [-0.25, -0.2) is 15.0 Å². The zero-order valence-electron chi connectivity index (χ0n) is 13.3. The smallest absolute Gasteiger partial charge is 0.334 e. The minimum Gasteiger partial charge on any atom is -0.464 e. The molecule has 3 amide bonds. The normalized spacial score (nSPS) is 21.0. The largest absolute Gasteiger partial charge is 0.464 e. The van der Waals surface area contributed by atoms with Gasteiger partial charge in [0.25, 0.3) is 5.91 Å². The monoisotopic (exact) mass is 320 g/mol. The van der Waals surface area contributed by atoms with E-state index in [4.69, 9.17) is 4.74 Å². The van der Waals surface area contributed by atoms with E-state index < -0.39 is 28.9 Å². The molecule has 124 valence electrons. The van der Waals surface area contributed by atoms with Crippen LogP contribution in [-0.2, 0) is 9.53 Å². The SMILES string of the molecule is CCOC(=O)C1(NC(=O)NNC(=O)c2ccncc2)CC1(C)C. The summed E-state index contributed by atoms with van der Waals surface area (Å²) in [6.45, 7) is 5.66. The molecule has 0 aliphatic heterocycles. The van der Waals surface area contributed by atoms with E-state index in [0.717, 1.165) is 0 Å². The molecule has 1 fully saturated rings. The van der Waals surface area contributed by atoms with Crippen LogP contribution in [0.4, 0.5) is 4.79 Å². The van der Waals surface area contributed by atoms with E-state index in [2.05, 4.69) is 21.2 Å². The first-order valence-corrected chi connectivity index (χ1v) is 7.28. The number of ether oxygens (including phenoxy) is 1. The van der Waals surface area contributed by atoms with E-state index in [1.807, 2.05) is 13.8 Å². The molecule has 1 heterocycles. The molecular weight excluding hydrogens is 300 g/mol. The molecule has 1 saturated carbocycles. The summed E-state index contributed by atoms with van der Waals surface area (Å²) in [7, 11) is 0. The lowest BCUT2D eigenvalue weighted by atomic mass is 10.1. The maximum atomic E-state index is 12.1. The maximum absolute atomic E-state index is 12.1. The van der Waals surface area contributed by atoms with Crippen LogP contribution in [0.1, 0.15) is 37.6 Å². The van der Waals surface area contributed by atoms with Crippen molar-refractivity contribution in [2.24, 2.45) is 5.41 Å². The van der Waals surface area contributed by atoms with Gasteiger partial charge in [0.2, 0.25) is 0 Å². The summed E-state index contributed by atoms with van der Waals surface area (Å²) in [6.07, 6.45) is 3.42. The molecule has 3 N–H and O–H groups in total. The van der Waals surface area contributed by atoms with Crippen molar-refractivity contribution in [3.05, 3.63) is 30.1 Å². The second-order valence-electron chi connectivity index (χ2n) is 5.96. The number of nitrogens with zero attached hydrogens (tertiary/aromatic N) is 1. The van der Waals surface area contributed by atoms with Crippen LogP contribution in [-0.4, -0.2) is 35.0 Å². The number of urea groups is 1. The molecule has 8 nitrogen and oxygen atoms in total. The summed E-state index contributed by atoms with van der Waals surface area (Å²) in [4.78, 5) is 39.7. The molecule has 23 heavy (non-hydrogen) atoms. The van der Waals surface area contributed by atoms with Crippen molar-refractivity contribution in [2.75, 3.05) is 6.61 Å². The Kier molecular flexibility index (Phi) is 4.53. The number of rotatable bonds is 4. The fourth-order valence-corrected chi connectivity index (χ4v) is 2.40. The fourth-order valence-electron chi connectivity index (χ4n) is 2.40. The van der Waals surface area contributed by atoms with Crippen LogP contribution in [0.15, 0.2) is 24.5 Å². The zero-order chi connectivity index (χ0) is 17.1. The third-order valence-electron chi connectivity index (χ3n) is 3.92. The Hall–Kier alpha value is -2.64. The Morgan fingerprint density at radius 2 is 1.83 bits per heavy atom. The molecule has 1 atom stereocenters. The molecule has 1 aliphatic rings. The summed E-state index contributed by atoms with van der Waals surface area (Å²) in [5, 5.41) is 2.60. The highest BCUT2D eigenvalue weighted by Gasteiger charge is 2.68. The molecule has 8 heteroatoms. The number of pyridine rings is 1. The van der Waals surface area contributed by atoms with E-state index in [1.165, 1.54) is 24.5 Å². The summed E-state index contributed by atoms with van der Waals surface area (Å²) in [5.41, 5.74) is 3.40. The zero-order valence-corrected chi connectivity index (χ0v) is 13.3. The number of hydrogen-bond donors (Lipinski definition) is 3. The van der Waals surface area contributed by atoms with Gasteiger partial charge in [0.1, 0.15) is 5.54 Å². The maximum Gasteiger partial charge on any atom is 0.334 e. The van der Waals surface area contributed by atoms with Crippen LogP contribution in [0, 0.1) is 5.41 Å². The van der Waals surface area contributed by atoms with Crippen molar-refractivity contribution in [1.82, 2.24) is 21.2 Å². The van der Waals surface area contributed by atoms with Crippen molar-refractivity contribution >= 4 is 17.9 Å². The van der Waals surface area contributed by atoms with E-state index in [0.29, 0.717) is 12.0 Å². The van der Waals surface area contributed by atoms with Gasteiger partial charge >= 0.3 is 12.0 Å². The van der Waals surface area contributed by atoms with Gasteiger partial charge in [-0.15, -0.1) is 0 Å². The fraction of sp³-hybridized carbons (Fsp3) is 0.467. The third-order valence-corrected chi connectivity index (χ3v) is 3.92. The molecule has 0 bridgehead atoms. The van der Waals surface area contributed by atoms with Gasteiger partial charge in [-0.1, -0.05) is 13.8 Å². The molecule has 0 aromatic carbocycles. The number of carbonyl (C=O) groups excluding carboxylic acids is 3.